The molecule has 3 heteroatoms. The lowest BCUT2D eigenvalue weighted by Gasteiger charge is -2.15. The second-order valence-corrected chi connectivity index (χ2v) is 4.54. The van der Waals surface area contributed by atoms with Crippen LogP contribution in [0.15, 0.2) is 24.3 Å². The zero-order valence-electron chi connectivity index (χ0n) is 10.3. The number of rotatable bonds is 6. The molecule has 0 spiro atoms. The molecule has 0 aliphatic carbocycles. The van der Waals surface area contributed by atoms with Crippen molar-refractivity contribution in [1.29, 1.82) is 0 Å². The summed E-state index contributed by atoms with van der Waals surface area (Å²) in [6.07, 6.45) is 2.45. The Kier molecular flexibility index (Phi) is 5.13. The summed E-state index contributed by atoms with van der Waals surface area (Å²) in [7, 11) is 0. The van der Waals surface area contributed by atoms with Gasteiger partial charge in [-0.05, 0) is 36.5 Å². The molecule has 0 aromatic heterocycles. The van der Waals surface area contributed by atoms with E-state index in [4.69, 9.17) is 0 Å². The predicted molar refractivity (Wildman–Crippen MR) is 65.5 cm³/mol. The summed E-state index contributed by atoms with van der Waals surface area (Å²) in [5.74, 6) is -1.35. The van der Waals surface area contributed by atoms with Gasteiger partial charge in [-0.25, -0.2) is 4.39 Å². The minimum absolute atomic E-state index is 0.378. The Morgan fingerprint density at radius 2 is 2.12 bits per heavy atom. The topological polar surface area (TPSA) is 37.3 Å². The molecule has 1 rings (SSSR count). The van der Waals surface area contributed by atoms with E-state index in [1.54, 1.807) is 12.1 Å². The third kappa shape index (κ3) is 4.17. The van der Waals surface area contributed by atoms with Gasteiger partial charge in [0.15, 0.2) is 0 Å². The van der Waals surface area contributed by atoms with Crippen LogP contribution in [-0.2, 0) is 4.79 Å². The normalized spacial score (nSPS) is 14.3. The van der Waals surface area contributed by atoms with Crippen molar-refractivity contribution >= 4 is 5.97 Å². The highest BCUT2D eigenvalue weighted by Crippen LogP contribution is 2.25. The molecular weight excluding hydrogens is 219 g/mol. The van der Waals surface area contributed by atoms with Crippen LogP contribution in [0.1, 0.15) is 44.6 Å². The van der Waals surface area contributed by atoms with Crippen LogP contribution in [0.3, 0.4) is 0 Å². The van der Waals surface area contributed by atoms with Gasteiger partial charge in [-0.2, -0.15) is 0 Å². The maximum absolute atomic E-state index is 13.1. The number of halogens is 1. The van der Waals surface area contributed by atoms with E-state index in [-0.39, 0.29) is 5.82 Å². The van der Waals surface area contributed by atoms with Crippen molar-refractivity contribution in [2.45, 2.75) is 39.0 Å². The lowest BCUT2D eigenvalue weighted by atomic mass is 9.90. The molecule has 17 heavy (non-hydrogen) atoms. The molecule has 2 nitrogen and oxygen atoms in total. The van der Waals surface area contributed by atoms with Crippen LogP contribution in [0.5, 0.6) is 0 Å². The fourth-order valence-electron chi connectivity index (χ4n) is 1.81. The van der Waals surface area contributed by atoms with Crippen molar-refractivity contribution in [2.75, 3.05) is 0 Å². The molecule has 0 heterocycles. The summed E-state index contributed by atoms with van der Waals surface area (Å²) in [6, 6.07) is 5.88. The molecule has 2 unspecified atom stereocenters. The highest BCUT2D eigenvalue weighted by atomic mass is 19.1. The first-order valence-electron chi connectivity index (χ1n) is 6.02. The van der Waals surface area contributed by atoms with Crippen LogP contribution < -0.4 is 0 Å². The standard InChI is InChI=1S/C14H19FO2/c1-3-10(2)7-8-13(14(16)17)11-5-4-6-12(15)9-11/h4-6,9-10,13H,3,7-8H2,1-2H3,(H,16,17). The first-order chi connectivity index (χ1) is 8.04. The number of carbonyl (C=O) groups is 1. The number of benzene rings is 1. The molecule has 0 amide bonds. The Labute approximate surface area is 101 Å². The SMILES string of the molecule is CCC(C)CCC(C(=O)O)c1cccc(F)c1. The number of hydrogen-bond acceptors (Lipinski definition) is 1. The largest absolute Gasteiger partial charge is 0.481 e. The third-order valence-corrected chi connectivity index (χ3v) is 3.19. The monoisotopic (exact) mass is 238 g/mol. The Morgan fingerprint density at radius 3 is 2.65 bits per heavy atom. The van der Waals surface area contributed by atoms with E-state index >= 15 is 0 Å². The van der Waals surface area contributed by atoms with E-state index in [0.29, 0.717) is 17.9 Å². The van der Waals surface area contributed by atoms with E-state index < -0.39 is 11.9 Å². The minimum atomic E-state index is -0.876. The highest BCUT2D eigenvalue weighted by Gasteiger charge is 2.20. The summed E-state index contributed by atoms with van der Waals surface area (Å²) in [6.45, 7) is 4.19. The minimum Gasteiger partial charge on any atom is -0.481 e. The van der Waals surface area contributed by atoms with Gasteiger partial charge in [-0.1, -0.05) is 32.4 Å². The van der Waals surface area contributed by atoms with Crippen molar-refractivity contribution in [3.05, 3.63) is 35.6 Å². The van der Waals surface area contributed by atoms with Crippen LogP contribution in [0.25, 0.3) is 0 Å². The van der Waals surface area contributed by atoms with Gasteiger partial charge in [0, 0.05) is 0 Å². The van der Waals surface area contributed by atoms with Crippen LogP contribution in [0.4, 0.5) is 4.39 Å². The molecule has 1 aromatic carbocycles. The second-order valence-electron chi connectivity index (χ2n) is 4.54. The van der Waals surface area contributed by atoms with Gasteiger partial charge in [-0.15, -0.1) is 0 Å². The van der Waals surface area contributed by atoms with Crippen molar-refractivity contribution in [3.63, 3.8) is 0 Å². The lowest BCUT2D eigenvalue weighted by molar-refractivity contribution is -0.139. The number of hydrogen-bond donors (Lipinski definition) is 1. The zero-order valence-corrected chi connectivity index (χ0v) is 10.3. The van der Waals surface area contributed by atoms with E-state index in [2.05, 4.69) is 13.8 Å². The zero-order chi connectivity index (χ0) is 12.8. The highest BCUT2D eigenvalue weighted by molar-refractivity contribution is 5.76. The quantitative estimate of drug-likeness (QED) is 0.818. The summed E-state index contributed by atoms with van der Waals surface area (Å²) in [4.78, 5) is 11.2. The summed E-state index contributed by atoms with van der Waals surface area (Å²) in [5, 5.41) is 9.18. The fraction of sp³-hybridized carbons (Fsp3) is 0.500. The van der Waals surface area contributed by atoms with Crippen LogP contribution in [0.2, 0.25) is 0 Å². The Balaban J connectivity index is 2.76. The lowest BCUT2D eigenvalue weighted by Crippen LogP contribution is -2.13. The van der Waals surface area contributed by atoms with Gasteiger partial charge in [0.05, 0.1) is 5.92 Å². The van der Waals surface area contributed by atoms with Crippen molar-refractivity contribution in [3.8, 4) is 0 Å². The Morgan fingerprint density at radius 1 is 1.41 bits per heavy atom. The van der Waals surface area contributed by atoms with E-state index in [1.165, 1.54) is 12.1 Å². The number of aliphatic carboxylic acids is 1. The summed E-state index contributed by atoms with van der Waals surface area (Å²) in [5.41, 5.74) is 0.556. The number of carboxylic acid groups (broad SMARTS) is 1. The molecule has 0 radical (unpaired) electrons. The first kappa shape index (κ1) is 13.7. The second kappa shape index (κ2) is 6.38. The van der Waals surface area contributed by atoms with Gasteiger partial charge in [0.1, 0.15) is 5.82 Å². The molecule has 94 valence electrons. The molecule has 0 aliphatic heterocycles. The Bertz CT molecular complexity index is 376. The molecule has 1 N–H and O–H groups in total. The van der Waals surface area contributed by atoms with Gasteiger partial charge in [0.2, 0.25) is 0 Å². The van der Waals surface area contributed by atoms with Gasteiger partial charge in [0.25, 0.3) is 0 Å². The molecule has 0 bridgehead atoms. The van der Waals surface area contributed by atoms with E-state index in [1.807, 2.05) is 0 Å². The average molecular weight is 238 g/mol. The fourth-order valence-corrected chi connectivity index (χ4v) is 1.81. The average Bonchev–Trinajstić information content (AvgIpc) is 2.28. The molecule has 0 saturated carbocycles. The van der Waals surface area contributed by atoms with Gasteiger partial charge >= 0.3 is 5.97 Å². The van der Waals surface area contributed by atoms with Crippen LogP contribution >= 0.6 is 0 Å². The molecular formula is C14H19FO2. The van der Waals surface area contributed by atoms with E-state index in [0.717, 1.165) is 12.8 Å². The first-order valence-corrected chi connectivity index (χ1v) is 6.02. The molecule has 0 fully saturated rings. The maximum atomic E-state index is 13.1. The van der Waals surface area contributed by atoms with Crippen LogP contribution in [0, 0.1) is 11.7 Å². The third-order valence-electron chi connectivity index (χ3n) is 3.19. The molecule has 0 saturated heterocycles. The molecule has 2 atom stereocenters. The van der Waals surface area contributed by atoms with Crippen LogP contribution in [-0.4, -0.2) is 11.1 Å². The number of carboxylic acids is 1. The van der Waals surface area contributed by atoms with Gasteiger partial charge < -0.3 is 5.11 Å². The summed E-state index contributed by atoms with van der Waals surface area (Å²) >= 11 is 0. The van der Waals surface area contributed by atoms with Gasteiger partial charge in [-0.3, -0.25) is 4.79 Å². The maximum Gasteiger partial charge on any atom is 0.310 e. The van der Waals surface area contributed by atoms with Crippen molar-refractivity contribution in [2.24, 2.45) is 5.92 Å². The predicted octanol–water partition coefficient (Wildman–Crippen LogP) is 3.82. The Hall–Kier alpha value is -1.38. The van der Waals surface area contributed by atoms with Crippen molar-refractivity contribution in [1.82, 2.24) is 0 Å². The van der Waals surface area contributed by atoms with E-state index in [9.17, 15) is 14.3 Å². The smallest absolute Gasteiger partial charge is 0.310 e. The van der Waals surface area contributed by atoms with Crippen molar-refractivity contribution < 1.29 is 14.3 Å². The summed E-state index contributed by atoms with van der Waals surface area (Å²) < 4.78 is 13.1. The molecule has 1 aromatic rings. The molecule has 0 aliphatic rings.